The van der Waals surface area contributed by atoms with Crippen LogP contribution in [0.3, 0.4) is 0 Å². The Balaban J connectivity index is -0.0000000480. The summed E-state index contributed by atoms with van der Waals surface area (Å²) >= 11 is 0. The van der Waals surface area contributed by atoms with Gasteiger partial charge >= 0.3 is 0 Å². The monoisotopic (exact) mass is 147 g/mol. The van der Waals surface area contributed by atoms with E-state index < -0.39 is 0 Å². The van der Waals surface area contributed by atoms with Crippen LogP contribution < -0.4 is 0 Å². The molecule has 0 unspecified atom stereocenters. The Labute approximate surface area is 52.8 Å². The molecule has 0 saturated heterocycles. The Morgan fingerprint density at radius 2 is 1.29 bits per heavy atom. The third-order valence-corrected chi connectivity index (χ3v) is 0.1000. The maximum atomic E-state index is 7.62. The van der Waals surface area contributed by atoms with Gasteiger partial charge in [-0.3, -0.25) is 0 Å². The van der Waals surface area contributed by atoms with Crippen molar-refractivity contribution in [2.45, 2.75) is 0 Å². The molecule has 45 valence electrons. The fourth-order valence-electron chi connectivity index (χ4n) is 0. The van der Waals surface area contributed by atoms with Crippen LogP contribution in [0.2, 0.25) is 0 Å². The summed E-state index contributed by atoms with van der Waals surface area (Å²) in [6.45, 7) is 4.50. The Bertz CT molecular complexity index is 29.4. The maximum Gasteiger partial charge on any atom is 0.0662 e. The molecule has 0 aliphatic rings. The van der Waals surface area contributed by atoms with Crippen LogP contribution in [0.4, 0.5) is 0 Å². The summed E-state index contributed by atoms with van der Waals surface area (Å²) in [7, 11) is 0. The molecule has 0 aromatic carbocycles. The fraction of sp³-hybridized carbons (Fsp3) is 0.667. The van der Waals surface area contributed by atoms with Crippen molar-refractivity contribution in [3.05, 3.63) is 6.57 Å². The summed E-state index contributed by atoms with van der Waals surface area (Å²) in [6.07, 6.45) is 0. The van der Waals surface area contributed by atoms with E-state index >= 15 is 0 Å². The average molecular weight is 147 g/mol. The van der Waals surface area contributed by atoms with Crippen LogP contribution in [-0.4, -0.2) is 23.4 Å². The normalized spacial score (nSPS) is 4.57. The predicted octanol–water partition coefficient (Wildman–Crippen LogP) is -0.935. The van der Waals surface area contributed by atoms with E-state index in [1.54, 1.807) is 0 Å². The van der Waals surface area contributed by atoms with Crippen molar-refractivity contribution in [3.8, 4) is 0 Å². The molecule has 4 heteroatoms. The molecular weight excluding hydrogens is 141 g/mol. The van der Waals surface area contributed by atoms with Gasteiger partial charge in [0, 0.05) is 16.8 Å². The summed E-state index contributed by atoms with van der Waals surface area (Å²) < 4.78 is 0. The minimum atomic E-state index is -0.125. The van der Waals surface area contributed by atoms with Crippen LogP contribution >= 0.6 is 0 Å². The Hall–Kier alpha value is -0.0835. The molecule has 1 radical (unpaired) electrons. The average Bonchev–Trinajstić information content (AvgIpc) is 1.72. The zero-order valence-electron chi connectivity index (χ0n) is 3.59. The fourth-order valence-corrected chi connectivity index (χ4v) is 0. The first-order valence-corrected chi connectivity index (χ1v) is 1.36. The van der Waals surface area contributed by atoms with Gasteiger partial charge in [0.25, 0.3) is 0 Å². The number of aliphatic hydroxyl groups excluding tert-OH is 2. The Kier molecular flexibility index (Phi) is 87.8. The minimum absolute atomic E-state index is 0. The molecule has 2 N–H and O–H groups in total. The first-order valence-electron chi connectivity index (χ1n) is 1.36. The van der Waals surface area contributed by atoms with E-state index in [9.17, 15) is 0 Å². The molecule has 0 heterocycles. The van der Waals surface area contributed by atoms with E-state index in [4.69, 9.17) is 22.0 Å². The van der Waals surface area contributed by atoms with E-state index in [1.807, 2.05) is 0 Å². The van der Waals surface area contributed by atoms with E-state index in [0.29, 0.717) is 0 Å². The van der Waals surface area contributed by atoms with Gasteiger partial charge in [-0.15, -0.1) is 0 Å². The van der Waals surface area contributed by atoms with E-state index in [2.05, 4.69) is 0 Å². The second-order valence-electron chi connectivity index (χ2n) is 0.447. The van der Waals surface area contributed by atoms with Crippen molar-refractivity contribution in [2.75, 3.05) is 13.2 Å². The van der Waals surface area contributed by atoms with Crippen molar-refractivity contribution >= 4 is 0 Å². The smallest absolute Gasteiger partial charge is 0.0662 e. The van der Waals surface area contributed by atoms with Crippen LogP contribution in [0.25, 0.3) is 0 Å². The number of hydrogen-bond acceptors (Lipinski definition) is 3. The molecule has 7 heavy (non-hydrogen) atoms. The van der Waals surface area contributed by atoms with Gasteiger partial charge in [-0.05, 0) is 0 Å². The van der Waals surface area contributed by atoms with Gasteiger partial charge in [-0.25, -0.2) is 0 Å². The molecule has 0 aromatic heterocycles. The Morgan fingerprint density at radius 1 is 1.14 bits per heavy atom. The van der Waals surface area contributed by atoms with Crippen LogP contribution in [0.5, 0.6) is 0 Å². The van der Waals surface area contributed by atoms with Crippen LogP contribution in [0.1, 0.15) is 0 Å². The molecular formula is C3H6CoNO2-. The summed E-state index contributed by atoms with van der Waals surface area (Å²) in [5, 5.41) is 21.5. The zero-order chi connectivity index (χ0) is 5.41. The second kappa shape index (κ2) is 38.9. The molecule has 0 fully saturated rings. The molecule has 0 aliphatic heterocycles. The molecule has 0 saturated carbocycles. The van der Waals surface area contributed by atoms with Gasteiger partial charge in [0.2, 0.25) is 0 Å². The third kappa shape index (κ3) is 108. The van der Waals surface area contributed by atoms with Crippen LogP contribution in [0, 0.1) is 11.8 Å². The number of nitrogens with zero attached hydrogens (tertiary/aromatic N) is 1. The van der Waals surface area contributed by atoms with Crippen molar-refractivity contribution in [2.24, 2.45) is 0 Å². The van der Waals surface area contributed by atoms with E-state index in [0.717, 1.165) is 0 Å². The Morgan fingerprint density at radius 3 is 1.29 bits per heavy atom. The topological polar surface area (TPSA) is 64.2 Å². The summed E-state index contributed by atoms with van der Waals surface area (Å²) in [5.41, 5.74) is 0. The SMILES string of the molecule is OCCO.[C-]#N.[Co]. The first-order chi connectivity index (χ1) is 2.91. The van der Waals surface area contributed by atoms with Crippen molar-refractivity contribution in [3.63, 3.8) is 0 Å². The quantitative estimate of drug-likeness (QED) is 0.470. The van der Waals surface area contributed by atoms with Crippen molar-refractivity contribution in [1.82, 2.24) is 0 Å². The number of hydrogen-bond donors (Lipinski definition) is 2. The molecule has 0 aromatic rings. The third-order valence-electron chi connectivity index (χ3n) is 0.1000. The zero-order valence-corrected chi connectivity index (χ0v) is 4.63. The number of aliphatic hydroxyl groups is 2. The molecule has 3 nitrogen and oxygen atoms in total. The standard InChI is InChI=1S/C2H6O2.CN.Co/c3-1-2-4;1-2;/h3-4H,1-2H2;;/q;-1;. The van der Waals surface area contributed by atoms with Gasteiger partial charge in [-0.2, -0.15) is 0 Å². The molecule has 0 aliphatic carbocycles. The predicted molar refractivity (Wildman–Crippen MR) is 19.1 cm³/mol. The number of rotatable bonds is 1. The van der Waals surface area contributed by atoms with Gasteiger partial charge in [-0.1, -0.05) is 0 Å². The summed E-state index contributed by atoms with van der Waals surface area (Å²) in [6, 6.07) is 0. The summed E-state index contributed by atoms with van der Waals surface area (Å²) in [5.74, 6) is 0. The summed E-state index contributed by atoms with van der Waals surface area (Å²) in [4.78, 5) is 0. The molecule has 0 bridgehead atoms. The van der Waals surface area contributed by atoms with Crippen LogP contribution in [0.15, 0.2) is 0 Å². The maximum absolute atomic E-state index is 7.62. The molecule has 0 spiro atoms. The van der Waals surface area contributed by atoms with Crippen molar-refractivity contribution < 1.29 is 27.0 Å². The van der Waals surface area contributed by atoms with Gasteiger partial charge in [0.15, 0.2) is 0 Å². The molecule has 0 rings (SSSR count). The van der Waals surface area contributed by atoms with Crippen LogP contribution in [-0.2, 0) is 16.8 Å². The molecule has 0 amide bonds. The second-order valence-corrected chi connectivity index (χ2v) is 0.447. The largest absolute Gasteiger partial charge is 0.512 e. The van der Waals surface area contributed by atoms with Crippen molar-refractivity contribution in [1.29, 1.82) is 5.26 Å². The van der Waals surface area contributed by atoms with E-state index in [-0.39, 0.29) is 30.0 Å². The molecule has 0 atom stereocenters. The van der Waals surface area contributed by atoms with Gasteiger partial charge in [0.1, 0.15) is 0 Å². The first kappa shape index (κ1) is 15.8. The van der Waals surface area contributed by atoms with Gasteiger partial charge in [0.05, 0.1) is 13.2 Å². The minimum Gasteiger partial charge on any atom is -0.512 e. The van der Waals surface area contributed by atoms with E-state index in [1.165, 1.54) is 0 Å². The van der Waals surface area contributed by atoms with Gasteiger partial charge < -0.3 is 22.0 Å².